The van der Waals surface area contributed by atoms with Gasteiger partial charge in [0.2, 0.25) is 0 Å². The van der Waals surface area contributed by atoms with Crippen molar-refractivity contribution < 1.29 is 4.79 Å². The summed E-state index contributed by atoms with van der Waals surface area (Å²) in [5.74, 6) is 0.886. The predicted octanol–water partition coefficient (Wildman–Crippen LogP) is 4.99. The van der Waals surface area contributed by atoms with Crippen LogP contribution >= 0.6 is 23.4 Å². The molecular formula is C21H20ClN3OS. The lowest BCUT2D eigenvalue weighted by molar-refractivity contribution is 0.0993. The van der Waals surface area contributed by atoms with E-state index in [1.54, 1.807) is 0 Å². The monoisotopic (exact) mass is 397 g/mol. The van der Waals surface area contributed by atoms with Gasteiger partial charge >= 0.3 is 0 Å². The molecule has 1 aliphatic rings. The van der Waals surface area contributed by atoms with Crippen LogP contribution in [0.4, 0.5) is 0 Å². The third-order valence-electron chi connectivity index (χ3n) is 4.97. The Bertz CT molecular complexity index is 997. The number of Topliss-reactive ketones (excluding diaryl/α,β-unsaturated/α-hetero) is 1. The van der Waals surface area contributed by atoms with Crippen LogP contribution < -0.4 is 0 Å². The number of rotatable bonds is 5. The van der Waals surface area contributed by atoms with Gasteiger partial charge in [-0.25, -0.2) is 0 Å². The highest BCUT2D eigenvalue weighted by molar-refractivity contribution is 8.00. The number of aryl methyl sites for hydroxylation is 2. The minimum Gasteiger partial charge on any atom is -0.305 e. The van der Waals surface area contributed by atoms with E-state index in [9.17, 15) is 4.79 Å². The zero-order valence-electron chi connectivity index (χ0n) is 15.3. The van der Waals surface area contributed by atoms with Crippen molar-refractivity contribution in [3.8, 4) is 11.4 Å². The fourth-order valence-corrected chi connectivity index (χ4v) is 4.46. The summed E-state index contributed by atoms with van der Waals surface area (Å²) >= 11 is 7.40. The van der Waals surface area contributed by atoms with Crippen molar-refractivity contribution in [1.29, 1.82) is 0 Å². The Morgan fingerprint density at radius 1 is 1.11 bits per heavy atom. The molecule has 4 nitrogen and oxygen atoms in total. The molecule has 0 N–H and O–H groups in total. The molecular weight excluding hydrogens is 378 g/mol. The number of carbonyl (C=O) groups excluding carboxylic acids is 1. The standard InChI is InChI=1S/C21H20ClN3OS/c1-13(19(26)17-7-6-14-4-3-5-16(14)12-17)27-21-24-23-20(25(21)2)15-8-10-18(22)11-9-15/h6-13H,3-5H2,1-2H3/t13-/m1/s1. The Hall–Kier alpha value is -2.11. The molecule has 6 heteroatoms. The van der Waals surface area contributed by atoms with Crippen LogP contribution in [0.2, 0.25) is 5.02 Å². The second-order valence-corrected chi connectivity index (χ2v) is 8.58. The van der Waals surface area contributed by atoms with Crippen molar-refractivity contribution in [3.63, 3.8) is 0 Å². The first-order valence-electron chi connectivity index (χ1n) is 9.01. The summed E-state index contributed by atoms with van der Waals surface area (Å²) in [6.45, 7) is 1.93. The minimum atomic E-state index is -0.231. The number of halogens is 1. The highest BCUT2D eigenvalue weighted by Gasteiger charge is 2.22. The molecule has 2 aromatic carbocycles. The number of nitrogens with zero attached hydrogens (tertiary/aromatic N) is 3. The van der Waals surface area contributed by atoms with Gasteiger partial charge in [0.05, 0.1) is 5.25 Å². The minimum absolute atomic E-state index is 0.130. The molecule has 1 atom stereocenters. The maximum atomic E-state index is 12.9. The van der Waals surface area contributed by atoms with E-state index in [1.165, 1.54) is 29.3 Å². The van der Waals surface area contributed by atoms with Crippen molar-refractivity contribution in [2.75, 3.05) is 0 Å². The summed E-state index contributed by atoms with van der Waals surface area (Å²) in [4.78, 5) is 12.9. The molecule has 138 valence electrons. The van der Waals surface area contributed by atoms with Gasteiger partial charge in [0.15, 0.2) is 16.8 Å². The van der Waals surface area contributed by atoms with Gasteiger partial charge in [-0.1, -0.05) is 35.5 Å². The van der Waals surface area contributed by atoms with E-state index in [0.29, 0.717) is 5.02 Å². The third-order valence-corrected chi connectivity index (χ3v) is 6.36. The van der Waals surface area contributed by atoms with E-state index in [2.05, 4.69) is 22.3 Å². The summed E-state index contributed by atoms with van der Waals surface area (Å²) in [6.07, 6.45) is 3.38. The van der Waals surface area contributed by atoms with Crippen LogP contribution in [-0.4, -0.2) is 25.8 Å². The van der Waals surface area contributed by atoms with Crippen LogP contribution in [0.1, 0.15) is 34.8 Å². The van der Waals surface area contributed by atoms with Crippen LogP contribution in [0.5, 0.6) is 0 Å². The fourth-order valence-electron chi connectivity index (χ4n) is 3.44. The normalized spacial score (nSPS) is 14.2. The molecule has 3 aromatic rings. The smallest absolute Gasteiger partial charge is 0.191 e. The van der Waals surface area contributed by atoms with Gasteiger partial charge in [0, 0.05) is 23.2 Å². The Labute approximate surface area is 168 Å². The zero-order chi connectivity index (χ0) is 19.0. The van der Waals surface area contributed by atoms with Crippen molar-refractivity contribution >= 4 is 29.1 Å². The van der Waals surface area contributed by atoms with Crippen LogP contribution in [0.25, 0.3) is 11.4 Å². The molecule has 0 unspecified atom stereocenters. The SMILES string of the molecule is C[C@@H](Sc1nnc(-c2ccc(Cl)cc2)n1C)C(=O)c1ccc2c(c1)CCC2. The largest absolute Gasteiger partial charge is 0.305 e. The summed E-state index contributed by atoms with van der Waals surface area (Å²) in [7, 11) is 1.92. The third kappa shape index (κ3) is 3.66. The van der Waals surface area contributed by atoms with Crippen LogP contribution in [0, 0.1) is 0 Å². The van der Waals surface area contributed by atoms with Crippen molar-refractivity contribution in [2.24, 2.45) is 7.05 Å². The molecule has 27 heavy (non-hydrogen) atoms. The van der Waals surface area contributed by atoms with E-state index < -0.39 is 0 Å². The summed E-state index contributed by atoms with van der Waals surface area (Å²) < 4.78 is 1.92. The van der Waals surface area contributed by atoms with E-state index in [-0.39, 0.29) is 11.0 Å². The molecule has 0 amide bonds. The number of hydrogen-bond acceptors (Lipinski definition) is 4. The Balaban J connectivity index is 1.52. The maximum Gasteiger partial charge on any atom is 0.191 e. The van der Waals surface area contributed by atoms with E-state index in [1.807, 2.05) is 48.9 Å². The van der Waals surface area contributed by atoms with Gasteiger partial charge in [-0.15, -0.1) is 10.2 Å². The van der Waals surface area contributed by atoms with Gasteiger partial charge in [-0.3, -0.25) is 4.79 Å². The van der Waals surface area contributed by atoms with Gasteiger partial charge in [-0.2, -0.15) is 0 Å². The first kappa shape index (κ1) is 18.3. The lowest BCUT2D eigenvalue weighted by Gasteiger charge is -2.11. The number of fused-ring (bicyclic) bond motifs is 1. The molecule has 0 radical (unpaired) electrons. The number of thioether (sulfide) groups is 1. The van der Waals surface area contributed by atoms with Crippen molar-refractivity contribution in [1.82, 2.24) is 14.8 Å². The molecule has 1 heterocycles. The molecule has 1 aromatic heterocycles. The molecule has 0 saturated carbocycles. The van der Waals surface area contributed by atoms with Crippen LogP contribution in [-0.2, 0) is 19.9 Å². The van der Waals surface area contributed by atoms with Gasteiger partial charge in [0.1, 0.15) is 0 Å². The summed E-state index contributed by atoms with van der Waals surface area (Å²) in [6, 6.07) is 13.6. The first-order valence-corrected chi connectivity index (χ1v) is 10.3. The van der Waals surface area contributed by atoms with Gasteiger partial charge in [0.25, 0.3) is 0 Å². The summed E-state index contributed by atoms with van der Waals surface area (Å²) in [5, 5.41) is 9.74. The molecule has 0 bridgehead atoms. The second-order valence-electron chi connectivity index (χ2n) is 6.83. The van der Waals surface area contributed by atoms with Crippen molar-refractivity contribution in [2.45, 2.75) is 36.6 Å². The van der Waals surface area contributed by atoms with Crippen LogP contribution in [0.15, 0.2) is 47.6 Å². The first-order chi connectivity index (χ1) is 13.0. The zero-order valence-corrected chi connectivity index (χ0v) is 16.8. The molecule has 1 aliphatic carbocycles. The predicted molar refractivity (Wildman–Crippen MR) is 110 cm³/mol. The van der Waals surface area contributed by atoms with E-state index in [0.717, 1.165) is 34.9 Å². The van der Waals surface area contributed by atoms with E-state index in [4.69, 9.17) is 11.6 Å². The topological polar surface area (TPSA) is 47.8 Å². The highest BCUT2D eigenvalue weighted by Crippen LogP contribution is 2.29. The highest BCUT2D eigenvalue weighted by atomic mass is 35.5. The lowest BCUT2D eigenvalue weighted by Crippen LogP contribution is -2.14. The van der Waals surface area contributed by atoms with E-state index >= 15 is 0 Å². The number of carbonyl (C=O) groups is 1. The number of benzene rings is 2. The fraction of sp³-hybridized carbons (Fsp3) is 0.286. The second kappa shape index (κ2) is 7.49. The number of aromatic nitrogens is 3. The Kier molecular flexibility index (Phi) is 5.06. The van der Waals surface area contributed by atoms with Gasteiger partial charge < -0.3 is 4.57 Å². The van der Waals surface area contributed by atoms with Crippen LogP contribution in [0.3, 0.4) is 0 Å². The Morgan fingerprint density at radius 2 is 1.85 bits per heavy atom. The molecule has 0 saturated heterocycles. The molecule has 0 aliphatic heterocycles. The van der Waals surface area contributed by atoms with Gasteiger partial charge in [-0.05, 0) is 67.6 Å². The number of ketones is 1. The average Bonchev–Trinajstić information content (AvgIpc) is 3.28. The quantitative estimate of drug-likeness (QED) is 0.449. The number of hydrogen-bond donors (Lipinski definition) is 0. The molecule has 4 rings (SSSR count). The molecule has 0 spiro atoms. The lowest BCUT2D eigenvalue weighted by atomic mass is 10.0. The summed E-state index contributed by atoms with van der Waals surface area (Å²) in [5.41, 5.74) is 4.43. The maximum absolute atomic E-state index is 12.9. The Morgan fingerprint density at radius 3 is 2.63 bits per heavy atom. The van der Waals surface area contributed by atoms with Crippen molar-refractivity contribution in [3.05, 3.63) is 64.2 Å². The molecule has 0 fully saturated rings. The average molecular weight is 398 g/mol.